The van der Waals surface area contributed by atoms with Crippen LogP contribution in [0.25, 0.3) is 11.1 Å². The third kappa shape index (κ3) is 5.08. The molecular weight excluding hydrogens is 504 g/mol. The van der Waals surface area contributed by atoms with Crippen molar-refractivity contribution in [1.82, 2.24) is 10.2 Å². The van der Waals surface area contributed by atoms with Crippen LogP contribution in [0.3, 0.4) is 0 Å². The zero-order valence-electron chi connectivity index (χ0n) is 22.4. The molecule has 3 aromatic carbocycles. The highest BCUT2D eigenvalue weighted by atomic mass is 16.5. The molecule has 7 heteroatoms. The van der Waals surface area contributed by atoms with Gasteiger partial charge in [-0.1, -0.05) is 78.9 Å². The molecule has 4 unspecified atom stereocenters. The number of amides is 2. The lowest BCUT2D eigenvalue weighted by Gasteiger charge is -2.34. The fourth-order valence-electron chi connectivity index (χ4n) is 7.14. The van der Waals surface area contributed by atoms with Crippen LogP contribution in [0, 0.1) is 17.8 Å². The molecule has 0 aliphatic heterocycles. The van der Waals surface area contributed by atoms with Crippen LogP contribution in [0.2, 0.25) is 0 Å². The van der Waals surface area contributed by atoms with E-state index in [4.69, 9.17) is 4.74 Å². The van der Waals surface area contributed by atoms with E-state index in [-0.39, 0.29) is 55.2 Å². The van der Waals surface area contributed by atoms with E-state index in [1.54, 1.807) is 4.90 Å². The lowest BCUT2D eigenvalue weighted by Crippen LogP contribution is -2.51. The Bertz CT molecular complexity index is 1360. The van der Waals surface area contributed by atoms with Crippen LogP contribution < -0.4 is 5.32 Å². The SMILES string of the molecule is O=C(O)CCN(Cc1ccccc1)C(=O)C1C2CCC(C2)C1NC(=O)OCC1c2ccccc2-c2ccccc21. The highest BCUT2D eigenvalue weighted by molar-refractivity contribution is 5.82. The topological polar surface area (TPSA) is 95.9 Å². The molecule has 3 aliphatic rings. The molecule has 0 heterocycles. The molecule has 0 radical (unpaired) electrons. The zero-order chi connectivity index (χ0) is 27.6. The summed E-state index contributed by atoms with van der Waals surface area (Å²) in [5, 5.41) is 12.4. The van der Waals surface area contributed by atoms with E-state index in [0.29, 0.717) is 6.54 Å². The maximum absolute atomic E-state index is 13.9. The number of nitrogens with zero attached hydrogens (tertiary/aromatic N) is 1. The van der Waals surface area contributed by atoms with Gasteiger partial charge in [-0.05, 0) is 58.9 Å². The molecular formula is C33H34N2O5. The molecule has 2 saturated carbocycles. The summed E-state index contributed by atoms with van der Waals surface area (Å²) >= 11 is 0. The number of carbonyl (C=O) groups is 3. The van der Waals surface area contributed by atoms with Gasteiger partial charge in [0.1, 0.15) is 6.61 Å². The number of carboxylic acids is 1. The summed E-state index contributed by atoms with van der Waals surface area (Å²) < 4.78 is 5.82. The molecule has 7 nitrogen and oxygen atoms in total. The Balaban J connectivity index is 1.15. The molecule has 6 rings (SSSR count). The Morgan fingerprint density at radius 3 is 2.15 bits per heavy atom. The Labute approximate surface area is 234 Å². The van der Waals surface area contributed by atoms with E-state index >= 15 is 0 Å². The Morgan fingerprint density at radius 1 is 0.850 bits per heavy atom. The molecule has 2 bridgehead atoms. The molecule has 0 saturated heterocycles. The average molecular weight is 539 g/mol. The fourth-order valence-corrected chi connectivity index (χ4v) is 7.14. The van der Waals surface area contributed by atoms with E-state index in [9.17, 15) is 19.5 Å². The van der Waals surface area contributed by atoms with Crippen molar-refractivity contribution < 1.29 is 24.2 Å². The van der Waals surface area contributed by atoms with Crippen molar-refractivity contribution in [3.8, 4) is 11.1 Å². The maximum atomic E-state index is 13.9. The van der Waals surface area contributed by atoms with Crippen molar-refractivity contribution in [2.24, 2.45) is 17.8 Å². The molecule has 2 fully saturated rings. The van der Waals surface area contributed by atoms with Crippen LogP contribution in [0.1, 0.15) is 48.3 Å². The molecule has 2 N–H and O–H groups in total. The van der Waals surface area contributed by atoms with Gasteiger partial charge < -0.3 is 20.1 Å². The number of carboxylic acid groups (broad SMARTS) is 1. The maximum Gasteiger partial charge on any atom is 0.407 e. The van der Waals surface area contributed by atoms with Crippen molar-refractivity contribution in [2.45, 2.75) is 44.2 Å². The molecule has 0 aromatic heterocycles. The van der Waals surface area contributed by atoms with Gasteiger partial charge in [0, 0.05) is 25.0 Å². The van der Waals surface area contributed by atoms with Crippen LogP contribution in [0.5, 0.6) is 0 Å². The van der Waals surface area contributed by atoms with Gasteiger partial charge >= 0.3 is 12.1 Å². The van der Waals surface area contributed by atoms with Crippen LogP contribution in [0.4, 0.5) is 4.79 Å². The first-order chi connectivity index (χ1) is 19.5. The molecule has 40 heavy (non-hydrogen) atoms. The quantitative estimate of drug-likeness (QED) is 0.378. The second kappa shape index (κ2) is 11.2. The lowest BCUT2D eigenvalue weighted by atomic mass is 9.83. The van der Waals surface area contributed by atoms with Crippen LogP contribution in [-0.2, 0) is 20.9 Å². The normalized spacial score (nSPS) is 22.4. The average Bonchev–Trinajstić information content (AvgIpc) is 3.66. The predicted molar refractivity (Wildman–Crippen MR) is 150 cm³/mol. The van der Waals surface area contributed by atoms with Gasteiger partial charge in [0.15, 0.2) is 0 Å². The number of ether oxygens (including phenoxy) is 1. The van der Waals surface area contributed by atoms with E-state index in [2.05, 4.69) is 29.6 Å². The Kier molecular flexibility index (Phi) is 7.29. The summed E-state index contributed by atoms with van der Waals surface area (Å²) in [4.78, 5) is 40.1. The second-order valence-electron chi connectivity index (χ2n) is 11.2. The fraction of sp³-hybridized carbons (Fsp3) is 0.364. The number of carbonyl (C=O) groups excluding carboxylic acids is 2. The minimum Gasteiger partial charge on any atom is -0.481 e. The zero-order valence-corrected chi connectivity index (χ0v) is 22.4. The number of aliphatic carboxylic acids is 1. The number of fused-ring (bicyclic) bond motifs is 5. The van der Waals surface area contributed by atoms with Gasteiger partial charge in [-0.15, -0.1) is 0 Å². The summed E-state index contributed by atoms with van der Waals surface area (Å²) in [6.45, 7) is 0.700. The minimum absolute atomic E-state index is 0.0343. The predicted octanol–water partition coefficient (Wildman–Crippen LogP) is 5.44. The summed E-state index contributed by atoms with van der Waals surface area (Å²) in [5.74, 6) is -1.03. The van der Waals surface area contributed by atoms with Crippen molar-refractivity contribution in [3.05, 3.63) is 95.6 Å². The van der Waals surface area contributed by atoms with E-state index in [1.807, 2.05) is 54.6 Å². The first-order valence-corrected chi connectivity index (χ1v) is 14.2. The number of hydrogen-bond acceptors (Lipinski definition) is 4. The van der Waals surface area contributed by atoms with Crippen molar-refractivity contribution in [2.75, 3.05) is 13.2 Å². The monoisotopic (exact) mass is 538 g/mol. The van der Waals surface area contributed by atoms with Crippen LogP contribution in [-0.4, -0.2) is 47.2 Å². The minimum atomic E-state index is -0.938. The molecule has 3 aromatic rings. The highest BCUT2D eigenvalue weighted by Gasteiger charge is 2.52. The molecule has 3 aliphatic carbocycles. The van der Waals surface area contributed by atoms with Crippen molar-refractivity contribution >= 4 is 18.0 Å². The van der Waals surface area contributed by atoms with Crippen molar-refractivity contribution in [3.63, 3.8) is 0 Å². The third-order valence-electron chi connectivity index (χ3n) is 8.95. The highest BCUT2D eigenvalue weighted by Crippen LogP contribution is 2.49. The lowest BCUT2D eigenvalue weighted by molar-refractivity contribution is -0.141. The van der Waals surface area contributed by atoms with Crippen LogP contribution in [0.15, 0.2) is 78.9 Å². The van der Waals surface area contributed by atoms with Gasteiger partial charge in [-0.2, -0.15) is 0 Å². The number of rotatable bonds is 9. The molecule has 2 amide bonds. The van der Waals surface area contributed by atoms with Gasteiger partial charge in [0.05, 0.1) is 12.3 Å². The summed E-state index contributed by atoms with van der Waals surface area (Å²) in [6.07, 6.45) is 2.18. The number of hydrogen-bond donors (Lipinski definition) is 2. The first-order valence-electron chi connectivity index (χ1n) is 14.2. The van der Waals surface area contributed by atoms with Gasteiger partial charge in [-0.3, -0.25) is 9.59 Å². The molecule has 4 atom stereocenters. The first kappa shape index (κ1) is 26.1. The number of benzene rings is 3. The molecule has 0 spiro atoms. The van der Waals surface area contributed by atoms with Gasteiger partial charge in [-0.25, -0.2) is 4.79 Å². The smallest absolute Gasteiger partial charge is 0.407 e. The summed E-state index contributed by atoms with van der Waals surface area (Å²) in [6, 6.07) is 25.7. The van der Waals surface area contributed by atoms with Crippen molar-refractivity contribution in [1.29, 1.82) is 0 Å². The number of alkyl carbamates (subject to hydrolysis) is 1. The van der Waals surface area contributed by atoms with E-state index < -0.39 is 12.1 Å². The second-order valence-corrected chi connectivity index (χ2v) is 11.2. The Morgan fingerprint density at radius 2 is 1.48 bits per heavy atom. The standard InChI is InChI=1S/C33H34N2O5/c36-29(37)16-17-35(19-21-8-2-1-3-9-21)32(38)30-22-14-15-23(18-22)31(30)34-33(39)40-20-28-26-12-6-4-10-24(26)25-11-5-7-13-27(25)28/h1-13,22-23,28,30-31H,14-20H2,(H,34,39)(H,36,37). The van der Waals surface area contributed by atoms with Crippen LogP contribution >= 0.6 is 0 Å². The van der Waals surface area contributed by atoms with Gasteiger partial charge in [0.25, 0.3) is 0 Å². The number of nitrogens with one attached hydrogen (secondary N) is 1. The Hall–Kier alpha value is -4.13. The summed E-state index contributed by atoms with van der Waals surface area (Å²) in [7, 11) is 0. The van der Waals surface area contributed by atoms with Gasteiger partial charge in [0.2, 0.25) is 5.91 Å². The third-order valence-corrected chi connectivity index (χ3v) is 8.95. The largest absolute Gasteiger partial charge is 0.481 e. The van der Waals surface area contributed by atoms with E-state index in [1.165, 1.54) is 11.1 Å². The summed E-state index contributed by atoms with van der Waals surface area (Å²) in [5.41, 5.74) is 5.60. The van der Waals surface area contributed by atoms with E-state index in [0.717, 1.165) is 36.0 Å². The molecule has 206 valence electrons.